The minimum absolute atomic E-state index is 0.0311. The van der Waals surface area contributed by atoms with Gasteiger partial charge in [0.2, 0.25) is 0 Å². The molecular weight excluding hydrogens is 354 g/mol. The fraction of sp³-hybridized carbons (Fsp3) is 0.632. The number of fused-ring (bicyclic) bond motifs is 1. The third-order valence-electron chi connectivity index (χ3n) is 4.69. The molecule has 0 N–H and O–H groups in total. The molecule has 1 aliphatic heterocycles. The minimum atomic E-state index is -0.345. The van der Waals surface area contributed by atoms with Gasteiger partial charge in [0, 0.05) is 38.8 Å². The maximum Gasteiger partial charge on any atom is 0.317 e. The number of aryl methyl sites for hydroxylation is 1. The number of thiophene rings is 2. The van der Waals surface area contributed by atoms with Crippen molar-refractivity contribution in [2.45, 2.75) is 39.0 Å². The molecule has 0 aromatic carbocycles. The summed E-state index contributed by atoms with van der Waals surface area (Å²) in [6.07, 6.45) is 1.85. The van der Waals surface area contributed by atoms with Crippen LogP contribution in [0.5, 0.6) is 0 Å². The van der Waals surface area contributed by atoms with Gasteiger partial charge in [-0.2, -0.15) is 0 Å². The molecule has 4 rings (SSSR count). The van der Waals surface area contributed by atoms with Crippen molar-refractivity contribution in [3.8, 4) is 0 Å². The Kier molecular flexibility index (Phi) is 6.15. The molecule has 138 valence electrons. The molecular formula is C19H27NO3S2. The molecule has 2 fully saturated rings. The molecule has 2 aromatic rings. The van der Waals surface area contributed by atoms with Gasteiger partial charge in [-0.05, 0) is 31.9 Å². The van der Waals surface area contributed by atoms with E-state index < -0.39 is 0 Å². The van der Waals surface area contributed by atoms with Gasteiger partial charge in [-0.3, -0.25) is 9.69 Å². The van der Waals surface area contributed by atoms with Crippen LogP contribution in [-0.2, 0) is 19.7 Å². The van der Waals surface area contributed by atoms with Crippen LogP contribution in [0.4, 0.5) is 0 Å². The number of esters is 1. The summed E-state index contributed by atoms with van der Waals surface area (Å²) >= 11 is 3.57. The third kappa shape index (κ3) is 4.08. The SMILES string of the molecule is CC.Cc1cc2sc(C3(C(=O)OCCN4CCOCC4)CC3)cc2s1. The van der Waals surface area contributed by atoms with Crippen molar-refractivity contribution in [3.63, 3.8) is 0 Å². The Labute approximate surface area is 157 Å². The monoisotopic (exact) mass is 381 g/mol. The molecule has 0 spiro atoms. The molecule has 1 saturated heterocycles. The number of hydrogen-bond donors (Lipinski definition) is 0. The Balaban J connectivity index is 0.000000880. The summed E-state index contributed by atoms with van der Waals surface area (Å²) in [6, 6.07) is 4.42. The number of carbonyl (C=O) groups is 1. The largest absolute Gasteiger partial charge is 0.464 e. The second kappa shape index (κ2) is 8.16. The average Bonchev–Trinajstić information content (AvgIpc) is 3.25. The van der Waals surface area contributed by atoms with Gasteiger partial charge in [-0.25, -0.2) is 0 Å². The first-order valence-corrected chi connectivity index (χ1v) is 10.8. The summed E-state index contributed by atoms with van der Waals surface area (Å²) in [6.45, 7) is 10.9. The smallest absolute Gasteiger partial charge is 0.317 e. The second-order valence-corrected chi connectivity index (χ2v) is 8.74. The predicted octanol–water partition coefficient (Wildman–Crippen LogP) is 4.20. The number of hydrogen-bond acceptors (Lipinski definition) is 6. The lowest BCUT2D eigenvalue weighted by molar-refractivity contribution is -0.147. The minimum Gasteiger partial charge on any atom is -0.464 e. The summed E-state index contributed by atoms with van der Waals surface area (Å²) in [4.78, 5) is 17.4. The maximum atomic E-state index is 12.6. The Bertz CT molecular complexity index is 680. The molecule has 0 unspecified atom stereocenters. The van der Waals surface area contributed by atoms with E-state index >= 15 is 0 Å². The Morgan fingerprint density at radius 2 is 1.88 bits per heavy atom. The lowest BCUT2D eigenvalue weighted by Gasteiger charge is -2.26. The van der Waals surface area contributed by atoms with Crippen molar-refractivity contribution in [1.82, 2.24) is 4.90 Å². The molecule has 0 radical (unpaired) electrons. The van der Waals surface area contributed by atoms with Crippen molar-refractivity contribution in [2.24, 2.45) is 0 Å². The quantitative estimate of drug-likeness (QED) is 0.728. The van der Waals surface area contributed by atoms with E-state index in [-0.39, 0.29) is 11.4 Å². The summed E-state index contributed by atoms with van der Waals surface area (Å²) in [5.74, 6) is -0.0311. The molecule has 4 nitrogen and oxygen atoms in total. The first-order chi connectivity index (χ1) is 12.2. The van der Waals surface area contributed by atoms with E-state index in [1.165, 1.54) is 19.2 Å². The summed E-state index contributed by atoms with van der Waals surface area (Å²) in [7, 11) is 0. The topological polar surface area (TPSA) is 38.8 Å². The highest BCUT2D eigenvalue weighted by atomic mass is 32.1. The molecule has 0 bridgehead atoms. The third-order valence-corrected chi connectivity index (χ3v) is 7.10. The van der Waals surface area contributed by atoms with Crippen LogP contribution in [0.2, 0.25) is 0 Å². The van der Waals surface area contributed by atoms with E-state index in [9.17, 15) is 4.79 Å². The van der Waals surface area contributed by atoms with Crippen LogP contribution in [0.25, 0.3) is 9.40 Å². The Morgan fingerprint density at radius 1 is 1.20 bits per heavy atom. The molecule has 2 aromatic heterocycles. The highest BCUT2D eigenvalue weighted by Crippen LogP contribution is 2.53. The van der Waals surface area contributed by atoms with Crippen LogP contribution in [0.15, 0.2) is 12.1 Å². The number of carbonyl (C=O) groups excluding carboxylic acids is 1. The van der Waals surface area contributed by atoms with Crippen LogP contribution in [0, 0.1) is 6.92 Å². The molecule has 0 atom stereocenters. The van der Waals surface area contributed by atoms with Gasteiger partial charge in [0.1, 0.15) is 12.0 Å². The summed E-state index contributed by atoms with van der Waals surface area (Å²) in [5.41, 5.74) is -0.345. The number of nitrogens with zero attached hydrogens (tertiary/aromatic N) is 1. The molecule has 25 heavy (non-hydrogen) atoms. The zero-order valence-electron chi connectivity index (χ0n) is 15.3. The molecule has 0 amide bonds. The fourth-order valence-corrected chi connectivity index (χ4v) is 5.65. The number of rotatable bonds is 5. The van der Waals surface area contributed by atoms with Crippen LogP contribution >= 0.6 is 22.7 Å². The van der Waals surface area contributed by atoms with Gasteiger partial charge < -0.3 is 9.47 Å². The lowest BCUT2D eigenvalue weighted by Crippen LogP contribution is -2.39. The normalized spacial score (nSPS) is 19.3. The van der Waals surface area contributed by atoms with Crippen LogP contribution in [0.1, 0.15) is 36.4 Å². The number of morpholine rings is 1. The average molecular weight is 382 g/mol. The van der Waals surface area contributed by atoms with Crippen molar-refractivity contribution >= 4 is 38.0 Å². The summed E-state index contributed by atoms with van der Waals surface area (Å²) < 4.78 is 13.5. The first kappa shape index (κ1) is 18.8. The molecule has 1 saturated carbocycles. The van der Waals surface area contributed by atoms with Crippen molar-refractivity contribution in [3.05, 3.63) is 21.9 Å². The van der Waals surface area contributed by atoms with Gasteiger partial charge in [0.25, 0.3) is 0 Å². The van der Waals surface area contributed by atoms with Crippen LogP contribution in [0.3, 0.4) is 0 Å². The van der Waals surface area contributed by atoms with E-state index in [0.29, 0.717) is 6.61 Å². The van der Waals surface area contributed by atoms with E-state index in [1.807, 2.05) is 13.8 Å². The van der Waals surface area contributed by atoms with Crippen molar-refractivity contribution in [1.29, 1.82) is 0 Å². The second-order valence-electron chi connectivity index (χ2n) is 6.37. The van der Waals surface area contributed by atoms with Gasteiger partial charge in [-0.15, -0.1) is 22.7 Å². The first-order valence-electron chi connectivity index (χ1n) is 9.15. The van der Waals surface area contributed by atoms with Crippen molar-refractivity contribution < 1.29 is 14.3 Å². The van der Waals surface area contributed by atoms with Gasteiger partial charge >= 0.3 is 5.97 Å². The Morgan fingerprint density at radius 3 is 2.52 bits per heavy atom. The zero-order valence-corrected chi connectivity index (χ0v) is 16.9. The van der Waals surface area contributed by atoms with E-state index in [4.69, 9.17) is 9.47 Å². The Hall–Kier alpha value is -0.950. The molecule has 6 heteroatoms. The van der Waals surface area contributed by atoms with Crippen LogP contribution < -0.4 is 0 Å². The summed E-state index contributed by atoms with van der Waals surface area (Å²) in [5, 5.41) is 0. The van der Waals surface area contributed by atoms with E-state index in [0.717, 1.165) is 45.7 Å². The highest BCUT2D eigenvalue weighted by Gasteiger charge is 2.54. The van der Waals surface area contributed by atoms with Crippen molar-refractivity contribution in [2.75, 3.05) is 39.5 Å². The molecule has 1 aliphatic carbocycles. The number of ether oxygens (including phenoxy) is 2. The van der Waals surface area contributed by atoms with E-state index in [2.05, 4.69) is 24.0 Å². The van der Waals surface area contributed by atoms with Gasteiger partial charge in [-0.1, -0.05) is 13.8 Å². The van der Waals surface area contributed by atoms with Gasteiger partial charge in [0.15, 0.2) is 0 Å². The highest BCUT2D eigenvalue weighted by molar-refractivity contribution is 7.27. The van der Waals surface area contributed by atoms with Gasteiger partial charge in [0.05, 0.1) is 13.2 Å². The van der Waals surface area contributed by atoms with Crippen LogP contribution in [-0.4, -0.2) is 50.3 Å². The zero-order chi connectivity index (χ0) is 17.9. The van der Waals surface area contributed by atoms with E-state index in [1.54, 1.807) is 22.7 Å². The fourth-order valence-electron chi connectivity index (χ4n) is 3.10. The molecule has 2 aliphatic rings. The maximum absolute atomic E-state index is 12.6. The molecule has 3 heterocycles. The lowest BCUT2D eigenvalue weighted by atomic mass is 10.1. The predicted molar refractivity (Wildman–Crippen MR) is 105 cm³/mol. The standard InChI is InChI=1S/C17H21NO3S2.C2H6/c1-12-10-13-14(22-12)11-15(23-13)17(2-3-17)16(19)21-9-6-18-4-7-20-8-5-18;1-2/h10-11H,2-9H2,1H3;1-2H3.